The van der Waals surface area contributed by atoms with E-state index in [1.807, 2.05) is 5.32 Å². The number of carboxylic acid groups (broad SMARTS) is 1. The standard InChI is InChI=1S/C9H7F3N2O3/c10-9(11,12)5-1-4(7(15)16)2-6(3-5)14-8(13)17/h1-3H,(H,15,16)(H3,13,14,17). The average molecular weight is 248 g/mol. The molecule has 0 spiro atoms. The van der Waals surface area contributed by atoms with Crippen molar-refractivity contribution in [2.45, 2.75) is 6.18 Å². The van der Waals surface area contributed by atoms with Gasteiger partial charge in [-0.15, -0.1) is 0 Å². The van der Waals surface area contributed by atoms with Crippen LogP contribution < -0.4 is 11.1 Å². The molecule has 0 atom stereocenters. The fraction of sp³-hybridized carbons (Fsp3) is 0.111. The molecule has 1 aromatic carbocycles. The summed E-state index contributed by atoms with van der Waals surface area (Å²) in [6.07, 6.45) is -4.71. The lowest BCUT2D eigenvalue weighted by atomic mass is 10.1. The molecule has 1 aromatic rings. The van der Waals surface area contributed by atoms with Crippen LogP contribution in [-0.2, 0) is 6.18 Å². The monoisotopic (exact) mass is 248 g/mol. The number of carbonyl (C=O) groups excluding carboxylic acids is 1. The molecule has 1 rings (SSSR count). The summed E-state index contributed by atoms with van der Waals surface area (Å²) >= 11 is 0. The van der Waals surface area contributed by atoms with Crippen LogP contribution in [0.2, 0.25) is 0 Å². The maximum Gasteiger partial charge on any atom is 0.416 e. The van der Waals surface area contributed by atoms with Crippen LogP contribution in [0.4, 0.5) is 23.7 Å². The Kier molecular flexibility index (Phi) is 3.26. The molecule has 0 radical (unpaired) electrons. The van der Waals surface area contributed by atoms with Crippen LogP contribution in [0.3, 0.4) is 0 Å². The lowest BCUT2D eigenvalue weighted by Crippen LogP contribution is -2.20. The fourth-order valence-electron chi connectivity index (χ4n) is 1.13. The molecular formula is C9H7F3N2O3. The van der Waals surface area contributed by atoms with Gasteiger partial charge in [0, 0.05) is 5.69 Å². The first kappa shape index (κ1) is 12.8. The predicted octanol–water partition coefficient (Wildman–Crippen LogP) is 1.89. The van der Waals surface area contributed by atoms with E-state index in [0.29, 0.717) is 12.1 Å². The van der Waals surface area contributed by atoms with Crippen LogP contribution in [0.5, 0.6) is 0 Å². The number of benzene rings is 1. The summed E-state index contributed by atoms with van der Waals surface area (Å²) in [6, 6.07) is 0.856. The highest BCUT2D eigenvalue weighted by atomic mass is 19.4. The average Bonchev–Trinajstić information content (AvgIpc) is 2.14. The molecule has 0 aliphatic carbocycles. The smallest absolute Gasteiger partial charge is 0.416 e. The van der Waals surface area contributed by atoms with Gasteiger partial charge in [-0.2, -0.15) is 13.2 Å². The Balaban J connectivity index is 3.28. The molecule has 0 heterocycles. The van der Waals surface area contributed by atoms with Crippen molar-refractivity contribution in [3.05, 3.63) is 29.3 Å². The van der Waals surface area contributed by atoms with Crippen LogP contribution in [0, 0.1) is 0 Å². The number of amides is 2. The van der Waals surface area contributed by atoms with Gasteiger partial charge in [0.25, 0.3) is 0 Å². The molecule has 4 N–H and O–H groups in total. The van der Waals surface area contributed by atoms with Gasteiger partial charge < -0.3 is 16.2 Å². The molecule has 5 nitrogen and oxygen atoms in total. The Bertz CT molecular complexity index is 471. The topological polar surface area (TPSA) is 92.4 Å². The van der Waals surface area contributed by atoms with E-state index in [4.69, 9.17) is 10.8 Å². The fourth-order valence-corrected chi connectivity index (χ4v) is 1.13. The van der Waals surface area contributed by atoms with Crippen LogP contribution in [-0.4, -0.2) is 17.1 Å². The summed E-state index contributed by atoms with van der Waals surface area (Å²) in [7, 11) is 0. The number of hydrogen-bond acceptors (Lipinski definition) is 2. The van der Waals surface area contributed by atoms with Crippen molar-refractivity contribution in [2.24, 2.45) is 5.73 Å². The van der Waals surface area contributed by atoms with Crippen LogP contribution in [0.1, 0.15) is 15.9 Å². The number of aromatic carboxylic acids is 1. The van der Waals surface area contributed by atoms with Gasteiger partial charge in [0.05, 0.1) is 11.1 Å². The zero-order valence-electron chi connectivity index (χ0n) is 8.21. The number of nitrogens with two attached hydrogens (primary N) is 1. The molecule has 0 aliphatic rings. The number of alkyl halides is 3. The van der Waals surface area contributed by atoms with Crippen molar-refractivity contribution in [2.75, 3.05) is 5.32 Å². The molecule has 8 heteroatoms. The van der Waals surface area contributed by atoms with Crippen molar-refractivity contribution in [3.63, 3.8) is 0 Å². The van der Waals surface area contributed by atoms with E-state index in [9.17, 15) is 22.8 Å². The molecule has 0 unspecified atom stereocenters. The largest absolute Gasteiger partial charge is 0.478 e. The second kappa shape index (κ2) is 4.32. The van der Waals surface area contributed by atoms with Gasteiger partial charge in [0.2, 0.25) is 0 Å². The number of halogens is 3. The number of hydrogen-bond donors (Lipinski definition) is 3. The molecule has 0 saturated heterocycles. The second-order valence-corrected chi connectivity index (χ2v) is 3.09. The molecule has 92 valence electrons. The number of rotatable bonds is 2. The van der Waals surface area contributed by atoms with Gasteiger partial charge in [-0.05, 0) is 18.2 Å². The van der Waals surface area contributed by atoms with Crippen LogP contribution in [0.15, 0.2) is 18.2 Å². The summed E-state index contributed by atoms with van der Waals surface area (Å²) in [6.45, 7) is 0. The zero-order valence-corrected chi connectivity index (χ0v) is 8.21. The van der Waals surface area contributed by atoms with E-state index < -0.39 is 29.3 Å². The number of urea groups is 1. The Morgan fingerprint density at radius 3 is 2.24 bits per heavy atom. The summed E-state index contributed by atoms with van der Waals surface area (Å²) in [5, 5.41) is 10.5. The van der Waals surface area contributed by atoms with Gasteiger partial charge in [0.15, 0.2) is 0 Å². The summed E-state index contributed by atoms with van der Waals surface area (Å²) in [4.78, 5) is 21.1. The molecule has 0 saturated carbocycles. The van der Waals surface area contributed by atoms with Crippen molar-refractivity contribution in [1.82, 2.24) is 0 Å². The van der Waals surface area contributed by atoms with Crippen molar-refractivity contribution < 1.29 is 27.9 Å². The molecule has 0 aromatic heterocycles. The Labute approximate surface area is 93.0 Å². The molecule has 0 fully saturated rings. The van der Waals surface area contributed by atoms with Gasteiger partial charge >= 0.3 is 18.2 Å². The quantitative estimate of drug-likeness (QED) is 0.746. The Hall–Kier alpha value is -2.25. The maximum atomic E-state index is 12.4. The molecule has 2 amide bonds. The molecular weight excluding hydrogens is 241 g/mol. The van der Waals surface area contributed by atoms with Gasteiger partial charge in [-0.1, -0.05) is 0 Å². The van der Waals surface area contributed by atoms with Crippen molar-refractivity contribution in [1.29, 1.82) is 0 Å². The third kappa shape index (κ3) is 3.37. The van der Waals surface area contributed by atoms with E-state index in [2.05, 4.69) is 0 Å². The highest BCUT2D eigenvalue weighted by Gasteiger charge is 2.31. The lowest BCUT2D eigenvalue weighted by molar-refractivity contribution is -0.137. The van der Waals surface area contributed by atoms with E-state index in [1.54, 1.807) is 0 Å². The number of carboxylic acids is 1. The summed E-state index contributed by atoms with van der Waals surface area (Å²) in [5.41, 5.74) is 2.63. The summed E-state index contributed by atoms with van der Waals surface area (Å²) < 4.78 is 37.2. The first-order valence-corrected chi connectivity index (χ1v) is 4.22. The number of carbonyl (C=O) groups is 2. The first-order chi connectivity index (χ1) is 7.70. The third-order valence-corrected chi connectivity index (χ3v) is 1.77. The maximum absolute atomic E-state index is 12.4. The lowest BCUT2D eigenvalue weighted by Gasteiger charge is -2.10. The van der Waals surface area contributed by atoms with Crippen LogP contribution in [0.25, 0.3) is 0 Å². The van der Waals surface area contributed by atoms with Gasteiger partial charge in [-0.3, -0.25) is 0 Å². The molecule has 17 heavy (non-hydrogen) atoms. The van der Waals surface area contributed by atoms with Crippen molar-refractivity contribution >= 4 is 17.7 Å². The minimum Gasteiger partial charge on any atom is -0.478 e. The second-order valence-electron chi connectivity index (χ2n) is 3.09. The van der Waals surface area contributed by atoms with Crippen molar-refractivity contribution in [3.8, 4) is 0 Å². The first-order valence-electron chi connectivity index (χ1n) is 4.22. The minimum atomic E-state index is -4.71. The molecule has 0 bridgehead atoms. The zero-order chi connectivity index (χ0) is 13.2. The van der Waals surface area contributed by atoms with E-state index in [1.165, 1.54) is 0 Å². The van der Waals surface area contributed by atoms with Crippen LogP contribution >= 0.6 is 0 Å². The van der Waals surface area contributed by atoms with E-state index in [0.717, 1.165) is 6.07 Å². The Morgan fingerprint density at radius 2 is 1.82 bits per heavy atom. The normalized spacial score (nSPS) is 11.0. The SMILES string of the molecule is NC(=O)Nc1cc(C(=O)O)cc(C(F)(F)F)c1. The number of anilines is 1. The van der Waals surface area contributed by atoms with Gasteiger partial charge in [0.1, 0.15) is 0 Å². The highest BCUT2D eigenvalue weighted by Crippen LogP contribution is 2.31. The van der Waals surface area contributed by atoms with Gasteiger partial charge in [-0.25, -0.2) is 9.59 Å². The predicted molar refractivity (Wildman–Crippen MR) is 51.6 cm³/mol. The number of primary amides is 1. The summed E-state index contributed by atoms with van der Waals surface area (Å²) in [5.74, 6) is -1.54. The highest BCUT2D eigenvalue weighted by molar-refractivity contribution is 5.92. The minimum absolute atomic E-state index is 0.329. The molecule has 0 aliphatic heterocycles. The Morgan fingerprint density at radius 1 is 1.24 bits per heavy atom. The number of nitrogens with one attached hydrogen (secondary N) is 1. The van der Waals surface area contributed by atoms with E-state index >= 15 is 0 Å². The third-order valence-electron chi connectivity index (χ3n) is 1.77. The van der Waals surface area contributed by atoms with E-state index in [-0.39, 0.29) is 5.69 Å².